The summed E-state index contributed by atoms with van der Waals surface area (Å²) in [5.41, 5.74) is 7.75. The van der Waals surface area contributed by atoms with Crippen LogP contribution in [0.2, 0.25) is 0 Å². The lowest BCUT2D eigenvalue weighted by atomic mass is 10.2. The lowest BCUT2D eigenvalue weighted by Gasteiger charge is -2.05. The Labute approximate surface area is 109 Å². The van der Waals surface area contributed by atoms with Gasteiger partial charge in [0.2, 0.25) is 0 Å². The highest BCUT2D eigenvalue weighted by Gasteiger charge is 2.03. The number of aromatic nitrogens is 1. The molecule has 90 valence electrons. The fourth-order valence-corrected chi connectivity index (χ4v) is 2.52. The van der Waals surface area contributed by atoms with Crippen LogP contribution < -0.4 is 10.5 Å². The molecular formula is C14H12N2OS. The van der Waals surface area contributed by atoms with Crippen LogP contribution in [0.1, 0.15) is 5.56 Å². The molecule has 0 aliphatic carbocycles. The maximum atomic E-state index is 5.75. The molecule has 0 aliphatic heterocycles. The molecule has 3 nitrogen and oxygen atoms in total. The van der Waals surface area contributed by atoms with Crippen LogP contribution in [0.15, 0.2) is 48.5 Å². The number of ether oxygens (including phenoxy) is 1. The molecule has 2 aromatic carbocycles. The van der Waals surface area contributed by atoms with Gasteiger partial charge in [0.1, 0.15) is 12.4 Å². The lowest BCUT2D eigenvalue weighted by Crippen LogP contribution is -1.94. The van der Waals surface area contributed by atoms with Gasteiger partial charge in [0.25, 0.3) is 0 Å². The van der Waals surface area contributed by atoms with Crippen LogP contribution in [0.25, 0.3) is 10.2 Å². The third-order valence-corrected chi connectivity index (χ3v) is 3.47. The molecule has 0 atom stereocenters. The van der Waals surface area contributed by atoms with E-state index in [0.29, 0.717) is 11.7 Å². The molecule has 0 unspecified atom stereocenters. The van der Waals surface area contributed by atoms with E-state index in [-0.39, 0.29) is 0 Å². The number of anilines is 1. The zero-order valence-electron chi connectivity index (χ0n) is 9.67. The van der Waals surface area contributed by atoms with Crippen molar-refractivity contribution in [3.05, 3.63) is 54.1 Å². The van der Waals surface area contributed by atoms with Gasteiger partial charge in [-0.1, -0.05) is 41.7 Å². The van der Waals surface area contributed by atoms with Gasteiger partial charge in [0.15, 0.2) is 5.13 Å². The number of nitrogens with zero attached hydrogens (tertiary/aromatic N) is 1. The summed E-state index contributed by atoms with van der Waals surface area (Å²) >= 11 is 1.47. The minimum atomic E-state index is 0.570. The van der Waals surface area contributed by atoms with Crippen molar-refractivity contribution in [2.45, 2.75) is 6.61 Å². The summed E-state index contributed by atoms with van der Waals surface area (Å²) in [4.78, 5) is 4.21. The van der Waals surface area contributed by atoms with Gasteiger partial charge in [0.05, 0.1) is 10.2 Å². The second-order valence-electron chi connectivity index (χ2n) is 3.96. The van der Waals surface area contributed by atoms with Crippen LogP contribution in [0.3, 0.4) is 0 Å². The predicted molar refractivity (Wildman–Crippen MR) is 74.8 cm³/mol. The normalized spacial score (nSPS) is 10.7. The Morgan fingerprint density at radius 2 is 1.94 bits per heavy atom. The summed E-state index contributed by atoms with van der Waals surface area (Å²) in [6.45, 7) is 0.570. The van der Waals surface area contributed by atoms with E-state index in [2.05, 4.69) is 4.98 Å². The van der Waals surface area contributed by atoms with E-state index >= 15 is 0 Å². The van der Waals surface area contributed by atoms with E-state index in [0.717, 1.165) is 21.5 Å². The van der Waals surface area contributed by atoms with Gasteiger partial charge >= 0.3 is 0 Å². The zero-order valence-corrected chi connectivity index (χ0v) is 10.5. The standard InChI is InChI=1S/C14H12N2OS/c15-14-16-12-7-6-11(8-13(12)18-14)17-9-10-4-2-1-3-5-10/h1-8H,9H2,(H2,15,16). The Morgan fingerprint density at radius 1 is 1.11 bits per heavy atom. The van der Waals surface area contributed by atoms with Gasteiger partial charge in [-0.25, -0.2) is 4.98 Å². The molecule has 2 N–H and O–H groups in total. The Bertz CT molecular complexity index is 664. The molecular weight excluding hydrogens is 244 g/mol. The average Bonchev–Trinajstić information content (AvgIpc) is 2.77. The van der Waals surface area contributed by atoms with Crippen LogP contribution >= 0.6 is 11.3 Å². The van der Waals surface area contributed by atoms with Crippen LogP contribution in [-0.2, 0) is 6.61 Å². The minimum absolute atomic E-state index is 0.570. The van der Waals surface area contributed by atoms with Crippen molar-refractivity contribution in [3.63, 3.8) is 0 Å². The van der Waals surface area contributed by atoms with E-state index in [1.54, 1.807) is 0 Å². The molecule has 18 heavy (non-hydrogen) atoms. The van der Waals surface area contributed by atoms with E-state index in [4.69, 9.17) is 10.5 Å². The first kappa shape index (κ1) is 11.0. The molecule has 0 saturated heterocycles. The van der Waals surface area contributed by atoms with Crippen molar-refractivity contribution >= 4 is 26.7 Å². The largest absolute Gasteiger partial charge is 0.489 e. The number of nitrogen functional groups attached to an aromatic ring is 1. The summed E-state index contributed by atoms with van der Waals surface area (Å²) in [5, 5.41) is 0.588. The fraction of sp³-hybridized carbons (Fsp3) is 0.0714. The number of fused-ring (bicyclic) bond motifs is 1. The Kier molecular flexibility index (Phi) is 2.86. The first-order valence-electron chi connectivity index (χ1n) is 5.64. The molecule has 0 radical (unpaired) electrons. The maximum absolute atomic E-state index is 5.75. The summed E-state index contributed by atoms with van der Waals surface area (Å²) in [6, 6.07) is 15.9. The number of hydrogen-bond acceptors (Lipinski definition) is 4. The lowest BCUT2D eigenvalue weighted by molar-refractivity contribution is 0.306. The molecule has 0 spiro atoms. The third kappa shape index (κ3) is 2.28. The molecule has 4 heteroatoms. The highest BCUT2D eigenvalue weighted by Crippen LogP contribution is 2.27. The molecule has 0 saturated carbocycles. The topological polar surface area (TPSA) is 48.1 Å². The summed E-state index contributed by atoms with van der Waals surface area (Å²) in [6.07, 6.45) is 0. The molecule has 3 aromatic rings. The number of nitrogens with two attached hydrogens (primary N) is 1. The first-order valence-corrected chi connectivity index (χ1v) is 6.46. The van der Waals surface area contributed by atoms with E-state index < -0.39 is 0 Å². The van der Waals surface area contributed by atoms with Gasteiger partial charge in [-0.05, 0) is 23.8 Å². The van der Waals surface area contributed by atoms with E-state index in [1.807, 2.05) is 48.5 Å². The maximum Gasteiger partial charge on any atom is 0.181 e. The predicted octanol–water partition coefficient (Wildman–Crippen LogP) is 3.46. The van der Waals surface area contributed by atoms with Gasteiger partial charge in [0, 0.05) is 0 Å². The Morgan fingerprint density at radius 3 is 2.78 bits per heavy atom. The van der Waals surface area contributed by atoms with Crippen molar-refractivity contribution in [2.75, 3.05) is 5.73 Å². The SMILES string of the molecule is Nc1nc2ccc(OCc3ccccc3)cc2s1. The van der Waals surface area contributed by atoms with Gasteiger partial charge in [-0.3, -0.25) is 0 Å². The van der Waals surface area contributed by atoms with Crippen molar-refractivity contribution in [3.8, 4) is 5.75 Å². The molecule has 1 aromatic heterocycles. The first-order chi connectivity index (χ1) is 8.81. The van der Waals surface area contributed by atoms with Gasteiger partial charge in [-0.2, -0.15) is 0 Å². The smallest absolute Gasteiger partial charge is 0.181 e. The van der Waals surface area contributed by atoms with Crippen molar-refractivity contribution < 1.29 is 4.74 Å². The van der Waals surface area contributed by atoms with Crippen molar-refractivity contribution in [2.24, 2.45) is 0 Å². The molecule has 0 fully saturated rings. The number of benzene rings is 2. The van der Waals surface area contributed by atoms with Crippen molar-refractivity contribution in [1.82, 2.24) is 4.98 Å². The highest BCUT2D eigenvalue weighted by molar-refractivity contribution is 7.22. The van der Waals surface area contributed by atoms with Gasteiger partial charge < -0.3 is 10.5 Å². The zero-order chi connectivity index (χ0) is 12.4. The number of rotatable bonds is 3. The fourth-order valence-electron chi connectivity index (χ4n) is 1.75. The number of thiazole rings is 1. The molecule has 3 rings (SSSR count). The van der Waals surface area contributed by atoms with E-state index in [1.165, 1.54) is 11.3 Å². The van der Waals surface area contributed by atoms with Crippen LogP contribution in [0, 0.1) is 0 Å². The van der Waals surface area contributed by atoms with Gasteiger partial charge in [-0.15, -0.1) is 0 Å². The molecule has 0 amide bonds. The quantitative estimate of drug-likeness (QED) is 0.780. The number of hydrogen-bond donors (Lipinski definition) is 1. The molecule has 0 aliphatic rings. The summed E-state index contributed by atoms with van der Waals surface area (Å²) < 4.78 is 6.80. The molecule has 0 bridgehead atoms. The van der Waals surface area contributed by atoms with Crippen LogP contribution in [0.5, 0.6) is 5.75 Å². The monoisotopic (exact) mass is 256 g/mol. The Hall–Kier alpha value is -2.07. The second kappa shape index (κ2) is 4.66. The average molecular weight is 256 g/mol. The van der Waals surface area contributed by atoms with Crippen LogP contribution in [-0.4, -0.2) is 4.98 Å². The summed E-state index contributed by atoms with van der Waals surface area (Å²) in [5.74, 6) is 0.843. The molecule has 1 heterocycles. The van der Waals surface area contributed by atoms with Crippen molar-refractivity contribution in [1.29, 1.82) is 0 Å². The Balaban J connectivity index is 1.78. The highest BCUT2D eigenvalue weighted by atomic mass is 32.1. The van der Waals surface area contributed by atoms with E-state index in [9.17, 15) is 0 Å². The summed E-state index contributed by atoms with van der Waals surface area (Å²) in [7, 11) is 0. The third-order valence-electron chi connectivity index (χ3n) is 2.62. The van der Waals surface area contributed by atoms with Crippen LogP contribution in [0.4, 0.5) is 5.13 Å². The minimum Gasteiger partial charge on any atom is -0.489 e. The second-order valence-corrected chi connectivity index (χ2v) is 5.02.